The van der Waals surface area contributed by atoms with Crippen LogP contribution in [0.3, 0.4) is 0 Å². The highest BCUT2D eigenvalue weighted by Crippen LogP contribution is 2.23. The smallest absolute Gasteiger partial charge is 0.338 e. The van der Waals surface area contributed by atoms with Crippen LogP contribution < -0.4 is 0 Å². The number of ketones is 1. The summed E-state index contributed by atoms with van der Waals surface area (Å²) < 4.78 is 30.4. The summed E-state index contributed by atoms with van der Waals surface area (Å²) in [4.78, 5) is 25.0. The topological polar surface area (TPSA) is 82.4 Å². The van der Waals surface area contributed by atoms with E-state index in [0.29, 0.717) is 5.56 Å². The Hall–Kier alpha value is -2.67. The van der Waals surface area contributed by atoms with E-state index in [0.717, 1.165) is 43.5 Å². The number of rotatable bonds is 8. The van der Waals surface area contributed by atoms with Gasteiger partial charge in [0.1, 0.15) is 0 Å². The molecule has 0 N–H and O–H groups in total. The highest BCUT2D eigenvalue weighted by atomic mass is 32.2. The lowest BCUT2D eigenvalue weighted by Gasteiger charge is -2.15. The van der Waals surface area contributed by atoms with E-state index in [4.69, 9.17) is 4.74 Å². The van der Waals surface area contributed by atoms with Gasteiger partial charge in [0.25, 0.3) is 0 Å². The molecule has 0 saturated carbocycles. The standard InChI is InChI=1S/C24H29NO5S/c1-17-15-22(18(2)25(17)14-13-19-7-5-4-6-8-19)23(26)16-30-24(27)20-9-11-21(12-10-20)31(3,28)29/h7,9-12,15H,4-6,8,13-14,16H2,1-3H3. The fourth-order valence-corrected chi connectivity index (χ4v) is 4.58. The Kier molecular flexibility index (Phi) is 7.15. The van der Waals surface area contributed by atoms with E-state index in [1.807, 2.05) is 19.9 Å². The summed E-state index contributed by atoms with van der Waals surface area (Å²) in [7, 11) is -3.34. The molecule has 0 fully saturated rings. The molecule has 1 heterocycles. The van der Waals surface area contributed by atoms with Crippen LogP contribution in [0.1, 0.15) is 64.2 Å². The largest absolute Gasteiger partial charge is 0.454 e. The van der Waals surface area contributed by atoms with E-state index in [1.54, 1.807) is 0 Å². The molecule has 166 valence electrons. The molecule has 0 amide bonds. The predicted octanol–water partition coefficient (Wildman–Crippen LogP) is 4.44. The van der Waals surface area contributed by atoms with Gasteiger partial charge in [-0.05, 0) is 76.3 Å². The van der Waals surface area contributed by atoms with Crippen LogP contribution in [0, 0.1) is 13.8 Å². The van der Waals surface area contributed by atoms with Gasteiger partial charge in [0.2, 0.25) is 5.78 Å². The molecule has 1 aliphatic rings. The summed E-state index contributed by atoms with van der Waals surface area (Å²) in [5.41, 5.74) is 4.15. The molecule has 7 heteroatoms. The van der Waals surface area contributed by atoms with Gasteiger partial charge in [-0.25, -0.2) is 13.2 Å². The van der Waals surface area contributed by atoms with E-state index in [-0.39, 0.29) is 22.8 Å². The number of nitrogens with zero attached hydrogens (tertiary/aromatic N) is 1. The SMILES string of the molecule is Cc1cc(C(=O)COC(=O)c2ccc(S(C)(=O)=O)cc2)c(C)n1CCC1=CCCCC1. The molecule has 0 unspecified atom stereocenters. The van der Waals surface area contributed by atoms with Crippen molar-refractivity contribution in [3.63, 3.8) is 0 Å². The van der Waals surface area contributed by atoms with Crippen LogP contribution in [0.15, 0.2) is 46.9 Å². The first-order valence-corrected chi connectivity index (χ1v) is 12.4. The highest BCUT2D eigenvalue weighted by Gasteiger charge is 2.18. The Bertz CT molecular complexity index is 1110. The Morgan fingerprint density at radius 3 is 2.42 bits per heavy atom. The van der Waals surface area contributed by atoms with Gasteiger partial charge in [0.15, 0.2) is 16.4 Å². The monoisotopic (exact) mass is 443 g/mol. The third kappa shape index (κ3) is 5.73. The maximum absolute atomic E-state index is 12.7. The summed E-state index contributed by atoms with van der Waals surface area (Å²) in [5, 5.41) is 0. The molecule has 6 nitrogen and oxygen atoms in total. The minimum absolute atomic E-state index is 0.122. The normalized spacial score (nSPS) is 14.2. The number of carbonyl (C=O) groups excluding carboxylic acids is 2. The molecular weight excluding hydrogens is 414 g/mol. The second-order valence-electron chi connectivity index (χ2n) is 8.09. The molecule has 0 radical (unpaired) electrons. The van der Waals surface area contributed by atoms with Gasteiger partial charge < -0.3 is 9.30 Å². The van der Waals surface area contributed by atoms with Gasteiger partial charge in [0.05, 0.1) is 10.5 Å². The van der Waals surface area contributed by atoms with Crippen molar-refractivity contribution in [3.05, 3.63) is 64.5 Å². The molecule has 31 heavy (non-hydrogen) atoms. The van der Waals surface area contributed by atoms with E-state index in [1.165, 1.54) is 42.7 Å². The summed E-state index contributed by atoms with van der Waals surface area (Å²) in [5.74, 6) is -0.913. The number of benzene rings is 1. The van der Waals surface area contributed by atoms with E-state index >= 15 is 0 Å². The Morgan fingerprint density at radius 1 is 1.10 bits per heavy atom. The lowest BCUT2D eigenvalue weighted by molar-refractivity contribution is 0.0474. The number of aryl methyl sites for hydroxylation is 1. The van der Waals surface area contributed by atoms with Crippen molar-refractivity contribution < 1.29 is 22.7 Å². The van der Waals surface area contributed by atoms with Crippen molar-refractivity contribution >= 4 is 21.6 Å². The predicted molar refractivity (Wildman–Crippen MR) is 119 cm³/mol. The fraction of sp³-hybridized carbons (Fsp3) is 0.417. The quantitative estimate of drug-likeness (QED) is 0.342. The zero-order chi connectivity index (χ0) is 22.6. The number of hydrogen-bond donors (Lipinski definition) is 0. The maximum Gasteiger partial charge on any atom is 0.338 e. The van der Waals surface area contributed by atoms with Gasteiger partial charge in [-0.1, -0.05) is 11.6 Å². The first-order valence-electron chi connectivity index (χ1n) is 10.5. The molecule has 1 aromatic heterocycles. The number of sulfone groups is 1. The van der Waals surface area contributed by atoms with E-state index in [9.17, 15) is 18.0 Å². The zero-order valence-corrected chi connectivity index (χ0v) is 19.1. The second-order valence-corrected chi connectivity index (χ2v) is 10.1. The van der Waals surface area contributed by atoms with E-state index < -0.39 is 15.8 Å². The molecule has 0 aliphatic heterocycles. The molecule has 0 atom stereocenters. The second kappa shape index (κ2) is 9.64. The van der Waals surface area contributed by atoms with Crippen LogP contribution in [0.2, 0.25) is 0 Å². The molecule has 3 rings (SSSR count). The fourth-order valence-electron chi connectivity index (χ4n) is 3.95. The van der Waals surface area contributed by atoms with Crippen molar-refractivity contribution in [2.75, 3.05) is 12.9 Å². The van der Waals surface area contributed by atoms with Crippen molar-refractivity contribution in [1.29, 1.82) is 0 Å². The third-order valence-electron chi connectivity index (χ3n) is 5.77. The van der Waals surface area contributed by atoms with Crippen LogP contribution in [0.4, 0.5) is 0 Å². The summed E-state index contributed by atoms with van der Waals surface area (Å²) in [6.07, 6.45) is 9.26. The number of carbonyl (C=O) groups is 2. The minimum atomic E-state index is -3.34. The number of ether oxygens (including phenoxy) is 1. The summed E-state index contributed by atoms with van der Waals surface area (Å²) >= 11 is 0. The average molecular weight is 444 g/mol. The van der Waals surface area contributed by atoms with E-state index in [2.05, 4.69) is 10.6 Å². The van der Waals surface area contributed by atoms with Crippen molar-refractivity contribution in [1.82, 2.24) is 4.57 Å². The van der Waals surface area contributed by atoms with Crippen molar-refractivity contribution in [2.45, 2.75) is 57.4 Å². The maximum atomic E-state index is 12.7. The van der Waals surface area contributed by atoms with Crippen LogP contribution in [-0.4, -0.2) is 37.6 Å². The highest BCUT2D eigenvalue weighted by molar-refractivity contribution is 7.90. The van der Waals surface area contributed by atoms with Crippen LogP contribution in [-0.2, 0) is 21.1 Å². The first kappa shape index (κ1) is 23.0. The van der Waals surface area contributed by atoms with Crippen LogP contribution >= 0.6 is 0 Å². The molecule has 2 aromatic rings. The third-order valence-corrected chi connectivity index (χ3v) is 6.90. The molecule has 1 aromatic carbocycles. The Morgan fingerprint density at radius 2 is 1.81 bits per heavy atom. The van der Waals surface area contributed by atoms with Gasteiger partial charge in [-0.15, -0.1) is 0 Å². The Balaban J connectivity index is 1.61. The lowest BCUT2D eigenvalue weighted by Crippen LogP contribution is -2.15. The van der Waals surface area contributed by atoms with Gasteiger partial charge in [-0.3, -0.25) is 4.79 Å². The number of esters is 1. The van der Waals surface area contributed by atoms with Gasteiger partial charge in [-0.2, -0.15) is 0 Å². The first-order chi connectivity index (χ1) is 14.7. The number of Topliss-reactive ketones (excluding diaryl/α,β-unsaturated/α-hetero) is 1. The van der Waals surface area contributed by atoms with Gasteiger partial charge in [0, 0.05) is 29.8 Å². The molecule has 0 spiro atoms. The zero-order valence-electron chi connectivity index (χ0n) is 18.3. The van der Waals surface area contributed by atoms with Gasteiger partial charge >= 0.3 is 5.97 Å². The Labute approximate surface area is 183 Å². The average Bonchev–Trinajstić information content (AvgIpc) is 3.04. The number of aromatic nitrogens is 1. The van der Waals surface area contributed by atoms with Crippen LogP contribution in [0.25, 0.3) is 0 Å². The summed E-state index contributed by atoms with van der Waals surface area (Å²) in [6.45, 7) is 4.38. The van der Waals surface area contributed by atoms with Crippen LogP contribution in [0.5, 0.6) is 0 Å². The number of hydrogen-bond acceptors (Lipinski definition) is 5. The van der Waals surface area contributed by atoms with Crippen molar-refractivity contribution in [2.24, 2.45) is 0 Å². The molecular formula is C24H29NO5S. The molecule has 0 bridgehead atoms. The minimum Gasteiger partial charge on any atom is -0.454 e. The molecule has 0 saturated heterocycles. The lowest BCUT2D eigenvalue weighted by atomic mass is 9.97. The summed E-state index contributed by atoms with van der Waals surface area (Å²) in [6, 6.07) is 7.32. The van der Waals surface area contributed by atoms with Crippen molar-refractivity contribution in [3.8, 4) is 0 Å². The number of allylic oxidation sites excluding steroid dienone is 2. The molecule has 1 aliphatic carbocycles.